The number of primary amides is 1. The van der Waals surface area contributed by atoms with Crippen molar-refractivity contribution in [2.45, 2.75) is 25.8 Å². The summed E-state index contributed by atoms with van der Waals surface area (Å²) in [7, 11) is 0. The minimum absolute atomic E-state index is 0.167. The summed E-state index contributed by atoms with van der Waals surface area (Å²) >= 11 is 0. The third-order valence-corrected chi connectivity index (χ3v) is 2.87. The number of amides is 1. The maximum absolute atomic E-state index is 10.9. The number of aliphatic hydroxyl groups excluding tert-OH is 1. The highest BCUT2D eigenvalue weighted by Crippen LogP contribution is 2.17. The molecule has 76 valence electrons. The zero-order valence-electron chi connectivity index (χ0n) is 8.07. The quantitative estimate of drug-likeness (QED) is 0.628. The van der Waals surface area contributed by atoms with E-state index in [0.717, 1.165) is 25.9 Å². The second-order valence-corrected chi connectivity index (χ2v) is 3.74. The minimum atomic E-state index is -0.262. The van der Waals surface area contributed by atoms with Gasteiger partial charge in [-0.15, -0.1) is 0 Å². The van der Waals surface area contributed by atoms with E-state index in [1.807, 2.05) is 6.92 Å². The van der Waals surface area contributed by atoms with Gasteiger partial charge in [-0.25, -0.2) is 0 Å². The maximum atomic E-state index is 10.9. The first-order valence-electron chi connectivity index (χ1n) is 4.79. The zero-order valence-corrected chi connectivity index (χ0v) is 8.07. The number of piperidine rings is 1. The molecule has 0 saturated carbocycles. The topological polar surface area (TPSA) is 66.6 Å². The van der Waals surface area contributed by atoms with Crippen LogP contribution >= 0.6 is 0 Å². The Balaban J connectivity index is 2.36. The number of hydrogen-bond donors (Lipinski definition) is 2. The first-order chi connectivity index (χ1) is 6.15. The molecule has 0 aromatic heterocycles. The van der Waals surface area contributed by atoms with Gasteiger partial charge in [0.05, 0.1) is 6.04 Å². The Morgan fingerprint density at radius 1 is 1.62 bits per heavy atom. The summed E-state index contributed by atoms with van der Waals surface area (Å²) in [5.74, 6) is 0.152. The Morgan fingerprint density at radius 3 is 2.54 bits per heavy atom. The van der Waals surface area contributed by atoms with Crippen LogP contribution in [0.15, 0.2) is 0 Å². The van der Waals surface area contributed by atoms with Crippen molar-refractivity contribution in [1.82, 2.24) is 4.90 Å². The molecule has 13 heavy (non-hydrogen) atoms. The molecule has 0 aromatic carbocycles. The molecular formula is C9H18N2O2. The molecule has 1 unspecified atom stereocenters. The molecular weight excluding hydrogens is 168 g/mol. The highest BCUT2D eigenvalue weighted by molar-refractivity contribution is 5.79. The van der Waals surface area contributed by atoms with E-state index in [1.165, 1.54) is 0 Å². The van der Waals surface area contributed by atoms with Gasteiger partial charge in [0, 0.05) is 6.61 Å². The lowest BCUT2D eigenvalue weighted by Gasteiger charge is -2.33. The Hall–Kier alpha value is -0.610. The van der Waals surface area contributed by atoms with Crippen molar-refractivity contribution in [3.8, 4) is 0 Å². The number of carbonyl (C=O) groups is 1. The standard InChI is InChI=1S/C9H18N2O2/c1-7(9(10)13)11-4-2-8(6-12)3-5-11/h7-8,12H,2-6H2,1H3,(H2,10,13). The van der Waals surface area contributed by atoms with Crippen molar-refractivity contribution in [3.63, 3.8) is 0 Å². The molecule has 1 atom stereocenters. The van der Waals surface area contributed by atoms with E-state index in [-0.39, 0.29) is 18.6 Å². The molecule has 1 aliphatic rings. The van der Waals surface area contributed by atoms with Crippen molar-refractivity contribution >= 4 is 5.91 Å². The number of nitrogens with two attached hydrogens (primary N) is 1. The molecule has 4 heteroatoms. The highest BCUT2D eigenvalue weighted by atomic mass is 16.3. The normalized spacial score (nSPS) is 22.9. The number of likely N-dealkylation sites (tertiary alicyclic amines) is 1. The third kappa shape index (κ3) is 2.67. The Morgan fingerprint density at radius 2 is 2.15 bits per heavy atom. The van der Waals surface area contributed by atoms with Gasteiger partial charge in [0.15, 0.2) is 0 Å². The average molecular weight is 186 g/mol. The van der Waals surface area contributed by atoms with E-state index >= 15 is 0 Å². The lowest BCUT2D eigenvalue weighted by molar-refractivity contribution is -0.123. The Bertz CT molecular complexity index is 176. The van der Waals surface area contributed by atoms with E-state index < -0.39 is 0 Å². The van der Waals surface area contributed by atoms with Gasteiger partial charge in [0.25, 0.3) is 0 Å². The van der Waals surface area contributed by atoms with E-state index in [1.54, 1.807) is 0 Å². The van der Waals surface area contributed by atoms with Gasteiger partial charge >= 0.3 is 0 Å². The molecule has 0 aliphatic carbocycles. The molecule has 4 nitrogen and oxygen atoms in total. The second-order valence-electron chi connectivity index (χ2n) is 3.74. The molecule has 1 aliphatic heterocycles. The number of aliphatic hydroxyl groups is 1. The largest absolute Gasteiger partial charge is 0.396 e. The number of hydrogen-bond acceptors (Lipinski definition) is 3. The maximum Gasteiger partial charge on any atom is 0.234 e. The summed E-state index contributed by atoms with van der Waals surface area (Å²) in [5, 5.41) is 8.91. The monoisotopic (exact) mass is 186 g/mol. The first kappa shape index (κ1) is 10.5. The molecule has 1 heterocycles. The van der Waals surface area contributed by atoms with Crippen molar-refractivity contribution in [2.75, 3.05) is 19.7 Å². The van der Waals surface area contributed by atoms with Gasteiger partial charge in [0.1, 0.15) is 0 Å². The van der Waals surface area contributed by atoms with Gasteiger partial charge in [-0.05, 0) is 38.8 Å². The minimum Gasteiger partial charge on any atom is -0.396 e. The summed E-state index contributed by atoms with van der Waals surface area (Å²) in [6.07, 6.45) is 1.93. The summed E-state index contributed by atoms with van der Waals surface area (Å²) in [4.78, 5) is 13.0. The lowest BCUT2D eigenvalue weighted by atomic mass is 9.97. The lowest BCUT2D eigenvalue weighted by Crippen LogP contribution is -2.46. The number of rotatable bonds is 3. The predicted octanol–water partition coefficient (Wildman–Crippen LogP) is -0.435. The summed E-state index contributed by atoms with van der Waals surface area (Å²) < 4.78 is 0. The second kappa shape index (κ2) is 4.58. The molecule has 3 N–H and O–H groups in total. The Labute approximate surface area is 78.7 Å². The van der Waals surface area contributed by atoms with E-state index in [9.17, 15) is 4.79 Å². The third-order valence-electron chi connectivity index (χ3n) is 2.87. The molecule has 0 radical (unpaired) electrons. The van der Waals surface area contributed by atoms with Crippen molar-refractivity contribution in [2.24, 2.45) is 11.7 Å². The molecule has 1 rings (SSSR count). The molecule has 0 spiro atoms. The van der Waals surface area contributed by atoms with Crippen LogP contribution in [0, 0.1) is 5.92 Å². The van der Waals surface area contributed by atoms with Crippen LogP contribution in [0.25, 0.3) is 0 Å². The van der Waals surface area contributed by atoms with Gasteiger partial charge in [-0.3, -0.25) is 9.69 Å². The molecule has 1 saturated heterocycles. The highest BCUT2D eigenvalue weighted by Gasteiger charge is 2.24. The molecule has 1 fully saturated rings. The van der Waals surface area contributed by atoms with Gasteiger partial charge < -0.3 is 10.8 Å². The van der Waals surface area contributed by atoms with Gasteiger partial charge in [-0.1, -0.05) is 0 Å². The fraction of sp³-hybridized carbons (Fsp3) is 0.889. The van der Waals surface area contributed by atoms with Crippen LogP contribution in [0.2, 0.25) is 0 Å². The fourth-order valence-corrected chi connectivity index (χ4v) is 1.70. The van der Waals surface area contributed by atoms with E-state index in [0.29, 0.717) is 5.92 Å². The fourth-order valence-electron chi connectivity index (χ4n) is 1.70. The van der Waals surface area contributed by atoms with Crippen LogP contribution in [0.1, 0.15) is 19.8 Å². The summed E-state index contributed by atoms with van der Waals surface area (Å²) in [6.45, 7) is 3.84. The number of carbonyl (C=O) groups excluding carboxylic acids is 1. The van der Waals surface area contributed by atoms with Crippen LogP contribution in [0.4, 0.5) is 0 Å². The zero-order chi connectivity index (χ0) is 9.84. The van der Waals surface area contributed by atoms with Crippen molar-refractivity contribution in [3.05, 3.63) is 0 Å². The summed E-state index contributed by atoms with van der Waals surface area (Å²) in [6, 6.07) is -0.167. The van der Waals surface area contributed by atoms with Crippen molar-refractivity contribution in [1.29, 1.82) is 0 Å². The van der Waals surface area contributed by atoms with Gasteiger partial charge in [0.2, 0.25) is 5.91 Å². The molecule has 1 amide bonds. The van der Waals surface area contributed by atoms with Crippen LogP contribution < -0.4 is 5.73 Å². The molecule has 0 bridgehead atoms. The summed E-state index contributed by atoms with van der Waals surface area (Å²) in [5.41, 5.74) is 5.20. The van der Waals surface area contributed by atoms with Crippen LogP contribution in [-0.4, -0.2) is 41.7 Å². The smallest absolute Gasteiger partial charge is 0.234 e. The Kier molecular flexibility index (Phi) is 3.69. The molecule has 0 aromatic rings. The van der Waals surface area contributed by atoms with Crippen LogP contribution in [0.3, 0.4) is 0 Å². The predicted molar refractivity (Wildman–Crippen MR) is 50.0 cm³/mol. The van der Waals surface area contributed by atoms with E-state index in [4.69, 9.17) is 10.8 Å². The first-order valence-corrected chi connectivity index (χ1v) is 4.79. The average Bonchev–Trinajstić information content (AvgIpc) is 2.17. The van der Waals surface area contributed by atoms with E-state index in [2.05, 4.69) is 4.90 Å². The number of nitrogens with zero attached hydrogens (tertiary/aromatic N) is 1. The van der Waals surface area contributed by atoms with Crippen LogP contribution in [0.5, 0.6) is 0 Å². The van der Waals surface area contributed by atoms with Gasteiger partial charge in [-0.2, -0.15) is 0 Å². The van der Waals surface area contributed by atoms with Crippen LogP contribution in [-0.2, 0) is 4.79 Å². The SMILES string of the molecule is CC(C(N)=O)N1CCC(CO)CC1. The van der Waals surface area contributed by atoms with Crippen molar-refractivity contribution < 1.29 is 9.90 Å².